The van der Waals surface area contributed by atoms with Gasteiger partial charge in [-0.3, -0.25) is 4.79 Å². The van der Waals surface area contributed by atoms with Crippen LogP contribution in [0.4, 0.5) is 13.2 Å². The Hall–Kier alpha value is -1.08. The molecule has 0 unspecified atom stereocenters. The first-order chi connectivity index (χ1) is 7.94. The number of benzene rings is 1. The highest BCUT2D eigenvalue weighted by Crippen LogP contribution is 2.36. The largest absolute Gasteiger partial charge is 0.417 e. The minimum absolute atomic E-state index is 0.0726. The summed E-state index contributed by atoms with van der Waals surface area (Å²) in [6.07, 6.45) is -4.22. The van der Waals surface area contributed by atoms with Crippen molar-refractivity contribution < 1.29 is 26.4 Å². The third kappa shape index (κ3) is 3.02. The van der Waals surface area contributed by atoms with Gasteiger partial charge in [0.1, 0.15) is 0 Å². The van der Waals surface area contributed by atoms with Crippen LogP contribution in [0.1, 0.15) is 21.5 Å². The van der Waals surface area contributed by atoms with Crippen molar-refractivity contribution in [3.63, 3.8) is 0 Å². The standard InChI is InChI=1S/C10H8ClF3O3S/c1-5-3-8(18(2,16)17)7(10(12,13)14)4-6(5)9(11)15/h3-4H,1-2H3. The second-order valence-electron chi connectivity index (χ2n) is 3.71. The highest BCUT2D eigenvalue weighted by Gasteiger charge is 2.37. The van der Waals surface area contributed by atoms with E-state index in [0.717, 1.165) is 6.07 Å². The summed E-state index contributed by atoms with van der Waals surface area (Å²) in [6.45, 7) is 1.31. The summed E-state index contributed by atoms with van der Waals surface area (Å²) in [5.74, 6) is 0. The Labute approximate surface area is 106 Å². The molecule has 1 aromatic carbocycles. The van der Waals surface area contributed by atoms with Crippen LogP contribution in [0.5, 0.6) is 0 Å². The molecular formula is C10H8ClF3O3S. The fourth-order valence-electron chi connectivity index (χ4n) is 1.42. The van der Waals surface area contributed by atoms with Crippen LogP contribution >= 0.6 is 11.6 Å². The van der Waals surface area contributed by atoms with E-state index in [1.165, 1.54) is 6.92 Å². The van der Waals surface area contributed by atoms with E-state index in [1.54, 1.807) is 0 Å². The molecule has 0 aliphatic carbocycles. The second-order valence-corrected chi connectivity index (χ2v) is 6.03. The molecule has 8 heteroatoms. The van der Waals surface area contributed by atoms with E-state index in [9.17, 15) is 26.4 Å². The molecule has 100 valence electrons. The molecule has 0 spiro atoms. The Bertz CT molecular complexity index is 606. The average Bonchev–Trinajstić information content (AvgIpc) is 2.13. The minimum atomic E-state index is -4.88. The lowest BCUT2D eigenvalue weighted by atomic mass is 10.1. The molecule has 0 saturated heterocycles. The van der Waals surface area contributed by atoms with Crippen molar-refractivity contribution in [1.82, 2.24) is 0 Å². The van der Waals surface area contributed by atoms with Gasteiger partial charge in [0.05, 0.1) is 10.5 Å². The Morgan fingerprint density at radius 1 is 1.28 bits per heavy atom. The van der Waals surface area contributed by atoms with Crippen LogP contribution in [-0.2, 0) is 16.0 Å². The number of alkyl halides is 3. The van der Waals surface area contributed by atoms with Crippen LogP contribution in [0.15, 0.2) is 17.0 Å². The number of aryl methyl sites for hydroxylation is 1. The van der Waals surface area contributed by atoms with Gasteiger partial charge in [0, 0.05) is 11.8 Å². The Morgan fingerprint density at radius 3 is 2.11 bits per heavy atom. The predicted molar refractivity (Wildman–Crippen MR) is 59.5 cm³/mol. The molecule has 0 aliphatic heterocycles. The van der Waals surface area contributed by atoms with Crippen LogP contribution in [0.25, 0.3) is 0 Å². The van der Waals surface area contributed by atoms with Gasteiger partial charge in [-0.05, 0) is 36.2 Å². The molecule has 0 amide bonds. The first kappa shape index (κ1) is 15.0. The van der Waals surface area contributed by atoms with Crippen molar-refractivity contribution in [1.29, 1.82) is 0 Å². The first-order valence-electron chi connectivity index (χ1n) is 4.56. The van der Waals surface area contributed by atoms with E-state index in [1.807, 2.05) is 0 Å². The molecule has 0 radical (unpaired) electrons. The van der Waals surface area contributed by atoms with Gasteiger partial charge in [0.15, 0.2) is 9.84 Å². The molecular weight excluding hydrogens is 293 g/mol. The van der Waals surface area contributed by atoms with E-state index in [0.29, 0.717) is 12.3 Å². The molecule has 1 aromatic rings. The van der Waals surface area contributed by atoms with Gasteiger partial charge in [-0.1, -0.05) is 0 Å². The first-order valence-corrected chi connectivity index (χ1v) is 6.83. The zero-order valence-corrected chi connectivity index (χ0v) is 10.9. The average molecular weight is 301 g/mol. The molecule has 18 heavy (non-hydrogen) atoms. The number of hydrogen-bond acceptors (Lipinski definition) is 3. The number of sulfone groups is 1. The molecule has 0 bridgehead atoms. The summed E-state index contributed by atoms with van der Waals surface area (Å²) in [5.41, 5.74) is -1.68. The maximum absolute atomic E-state index is 12.7. The molecule has 3 nitrogen and oxygen atoms in total. The summed E-state index contributed by atoms with van der Waals surface area (Å²) in [4.78, 5) is 10.1. The summed E-state index contributed by atoms with van der Waals surface area (Å²) in [7, 11) is -4.06. The van der Waals surface area contributed by atoms with Gasteiger partial charge >= 0.3 is 6.18 Å². The van der Waals surface area contributed by atoms with Crippen LogP contribution < -0.4 is 0 Å². The predicted octanol–water partition coefficient (Wildman–Crippen LogP) is 2.80. The third-order valence-corrected chi connectivity index (χ3v) is 3.58. The van der Waals surface area contributed by atoms with E-state index in [4.69, 9.17) is 11.6 Å². The van der Waals surface area contributed by atoms with Crippen molar-refractivity contribution in [2.75, 3.05) is 6.26 Å². The Balaban J connectivity index is 3.75. The maximum Gasteiger partial charge on any atom is 0.417 e. The minimum Gasteiger partial charge on any atom is -0.276 e. The maximum atomic E-state index is 12.7. The quantitative estimate of drug-likeness (QED) is 0.789. The lowest BCUT2D eigenvalue weighted by Gasteiger charge is -2.14. The number of rotatable bonds is 2. The summed E-state index contributed by atoms with van der Waals surface area (Å²) < 4.78 is 60.8. The van der Waals surface area contributed by atoms with Crippen LogP contribution in [0.2, 0.25) is 0 Å². The third-order valence-electron chi connectivity index (χ3n) is 2.24. The van der Waals surface area contributed by atoms with Crippen LogP contribution in [-0.4, -0.2) is 19.9 Å². The summed E-state index contributed by atoms with van der Waals surface area (Å²) in [6, 6.07) is 1.26. The second kappa shape index (κ2) is 4.55. The lowest BCUT2D eigenvalue weighted by Crippen LogP contribution is -2.14. The van der Waals surface area contributed by atoms with Crippen molar-refractivity contribution in [3.8, 4) is 0 Å². The SMILES string of the molecule is Cc1cc(S(C)(=O)=O)c(C(F)(F)F)cc1C(=O)Cl. The van der Waals surface area contributed by atoms with Crippen LogP contribution in [0.3, 0.4) is 0 Å². The monoisotopic (exact) mass is 300 g/mol. The Kier molecular flexibility index (Phi) is 3.78. The van der Waals surface area contributed by atoms with Gasteiger partial charge in [0.25, 0.3) is 5.24 Å². The molecule has 0 fully saturated rings. The number of carbonyl (C=O) groups excluding carboxylic acids is 1. The normalized spacial score (nSPS) is 12.6. The van der Waals surface area contributed by atoms with Gasteiger partial charge in [-0.15, -0.1) is 0 Å². The number of halogens is 4. The van der Waals surface area contributed by atoms with Crippen molar-refractivity contribution in [2.45, 2.75) is 18.0 Å². The highest BCUT2D eigenvalue weighted by atomic mass is 35.5. The van der Waals surface area contributed by atoms with Crippen molar-refractivity contribution in [2.24, 2.45) is 0 Å². The number of carbonyl (C=O) groups is 1. The Morgan fingerprint density at radius 2 is 1.78 bits per heavy atom. The van der Waals surface area contributed by atoms with Gasteiger partial charge in [-0.2, -0.15) is 13.2 Å². The fourth-order valence-corrected chi connectivity index (χ4v) is 2.59. The lowest BCUT2D eigenvalue weighted by molar-refractivity contribution is -0.139. The zero-order chi connectivity index (χ0) is 14.3. The van der Waals surface area contributed by atoms with E-state index in [-0.39, 0.29) is 11.1 Å². The van der Waals surface area contributed by atoms with Crippen LogP contribution in [0, 0.1) is 6.92 Å². The topological polar surface area (TPSA) is 51.2 Å². The van der Waals surface area contributed by atoms with Gasteiger partial charge < -0.3 is 0 Å². The molecule has 0 saturated carbocycles. The zero-order valence-electron chi connectivity index (χ0n) is 9.30. The van der Waals surface area contributed by atoms with Crippen molar-refractivity contribution >= 4 is 26.7 Å². The molecule has 0 heterocycles. The highest BCUT2D eigenvalue weighted by molar-refractivity contribution is 7.90. The van der Waals surface area contributed by atoms with E-state index >= 15 is 0 Å². The number of hydrogen-bond donors (Lipinski definition) is 0. The van der Waals surface area contributed by atoms with E-state index < -0.39 is 31.7 Å². The molecule has 0 aromatic heterocycles. The molecule has 0 atom stereocenters. The molecule has 0 aliphatic rings. The fraction of sp³-hybridized carbons (Fsp3) is 0.300. The molecule has 0 N–H and O–H groups in total. The molecule has 1 rings (SSSR count). The smallest absolute Gasteiger partial charge is 0.276 e. The summed E-state index contributed by atoms with van der Waals surface area (Å²) >= 11 is 5.14. The van der Waals surface area contributed by atoms with Gasteiger partial charge in [-0.25, -0.2) is 8.42 Å². The van der Waals surface area contributed by atoms with Gasteiger partial charge in [0.2, 0.25) is 0 Å². The van der Waals surface area contributed by atoms with Crippen molar-refractivity contribution in [3.05, 3.63) is 28.8 Å². The summed E-state index contributed by atoms with van der Waals surface area (Å²) in [5, 5.41) is -1.07. The van der Waals surface area contributed by atoms with E-state index in [2.05, 4.69) is 0 Å².